The fourth-order valence-electron chi connectivity index (χ4n) is 2.68. The van der Waals surface area contributed by atoms with E-state index in [1.165, 1.54) is 0 Å². The molecule has 0 spiro atoms. The maximum Gasteiger partial charge on any atom is 0.409 e. The molecule has 5 nitrogen and oxygen atoms in total. The van der Waals surface area contributed by atoms with Gasteiger partial charge in [0.25, 0.3) is 0 Å². The molecule has 21 heavy (non-hydrogen) atoms. The Morgan fingerprint density at radius 2 is 2.24 bits per heavy atom. The van der Waals surface area contributed by atoms with Gasteiger partial charge in [-0.15, -0.1) is 0 Å². The SMILES string of the molecule is CCCCOC(=O)N1CCC(c2ncccc2CO)CC1. The van der Waals surface area contributed by atoms with Crippen molar-refractivity contribution in [2.75, 3.05) is 19.7 Å². The van der Waals surface area contributed by atoms with Gasteiger partial charge < -0.3 is 14.7 Å². The maximum absolute atomic E-state index is 11.9. The predicted molar refractivity (Wildman–Crippen MR) is 80.0 cm³/mol. The van der Waals surface area contributed by atoms with Crippen molar-refractivity contribution in [3.63, 3.8) is 0 Å². The number of hydrogen-bond acceptors (Lipinski definition) is 4. The number of rotatable bonds is 5. The lowest BCUT2D eigenvalue weighted by Crippen LogP contribution is -2.38. The molecule has 2 heterocycles. The number of carbonyl (C=O) groups is 1. The number of aliphatic hydroxyl groups excluding tert-OH is 1. The minimum atomic E-state index is -0.203. The van der Waals surface area contributed by atoms with Gasteiger partial charge in [-0.05, 0) is 30.9 Å². The number of amides is 1. The van der Waals surface area contributed by atoms with Crippen molar-refractivity contribution in [2.24, 2.45) is 0 Å². The van der Waals surface area contributed by atoms with Gasteiger partial charge in [-0.1, -0.05) is 19.4 Å². The van der Waals surface area contributed by atoms with Gasteiger partial charge >= 0.3 is 6.09 Å². The quantitative estimate of drug-likeness (QED) is 0.848. The van der Waals surface area contributed by atoms with Crippen LogP contribution < -0.4 is 0 Å². The third-order valence-corrected chi connectivity index (χ3v) is 3.96. The summed E-state index contributed by atoms with van der Waals surface area (Å²) in [4.78, 5) is 18.1. The first-order valence-corrected chi connectivity index (χ1v) is 7.72. The molecule has 0 aliphatic carbocycles. The van der Waals surface area contributed by atoms with Crippen LogP contribution in [0.4, 0.5) is 4.79 Å². The van der Waals surface area contributed by atoms with E-state index in [0.29, 0.717) is 25.6 Å². The van der Waals surface area contributed by atoms with Crippen LogP contribution in [0.2, 0.25) is 0 Å². The summed E-state index contributed by atoms with van der Waals surface area (Å²) in [5.41, 5.74) is 1.86. The number of aliphatic hydroxyl groups is 1. The fourth-order valence-corrected chi connectivity index (χ4v) is 2.68. The number of piperidine rings is 1. The van der Waals surface area contributed by atoms with Crippen molar-refractivity contribution in [3.05, 3.63) is 29.6 Å². The Labute approximate surface area is 125 Å². The highest BCUT2D eigenvalue weighted by Gasteiger charge is 2.26. The summed E-state index contributed by atoms with van der Waals surface area (Å²) in [6.07, 6.45) is 5.24. The van der Waals surface area contributed by atoms with Crippen LogP contribution in [0.25, 0.3) is 0 Å². The zero-order valence-corrected chi connectivity index (χ0v) is 12.6. The molecule has 1 aliphatic heterocycles. The predicted octanol–water partition coefficient (Wildman–Crippen LogP) is 2.69. The van der Waals surface area contributed by atoms with Gasteiger partial charge in [0.2, 0.25) is 0 Å². The Kier molecular flexibility index (Phi) is 5.99. The highest BCUT2D eigenvalue weighted by molar-refractivity contribution is 5.67. The molecule has 0 aromatic carbocycles. The van der Waals surface area contributed by atoms with Crippen molar-refractivity contribution in [1.29, 1.82) is 0 Å². The van der Waals surface area contributed by atoms with Crippen molar-refractivity contribution in [1.82, 2.24) is 9.88 Å². The number of nitrogens with zero attached hydrogens (tertiary/aromatic N) is 2. The maximum atomic E-state index is 11.9. The van der Waals surface area contributed by atoms with E-state index in [1.54, 1.807) is 11.1 Å². The van der Waals surface area contributed by atoms with Gasteiger partial charge in [0.15, 0.2) is 0 Å². The second-order valence-corrected chi connectivity index (χ2v) is 5.44. The second kappa shape index (κ2) is 7.98. The summed E-state index contributed by atoms with van der Waals surface area (Å²) in [6, 6.07) is 3.75. The average Bonchev–Trinajstić information content (AvgIpc) is 2.55. The summed E-state index contributed by atoms with van der Waals surface area (Å²) in [5, 5.41) is 9.39. The van der Waals surface area contributed by atoms with Crippen LogP contribution >= 0.6 is 0 Å². The lowest BCUT2D eigenvalue weighted by atomic mass is 9.90. The molecule has 1 aromatic heterocycles. The largest absolute Gasteiger partial charge is 0.449 e. The van der Waals surface area contributed by atoms with Crippen LogP contribution in [-0.2, 0) is 11.3 Å². The number of ether oxygens (including phenoxy) is 1. The molecule has 0 bridgehead atoms. The van der Waals surface area contributed by atoms with Crippen LogP contribution in [-0.4, -0.2) is 40.8 Å². The zero-order valence-electron chi connectivity index (χ0n) is 12.6. The lowest BCUT2D eigenvalue weighted by Gasteiger charge is -2.31. The molecule has 5 heteroatoms. The third-order valence-electron chi connectivity index (χ3n) is 3.96. The standard InChI is InChI=1S/C16H24N2O3/c1-2-3-11-21-16(20)18-9-6-13(7-10-18)15-14(12-19)5-4-8-17-15/h4-5,8,13,19H,2-3,6-7,9-12H2,1H3. The fraction of sp³-hybridized carbons (Fsp3) is 0.625. The number of aromatic nitrogens is 1. The molecular formula is C16H24N2O3. The lowest BCUT2D eigenvalue weighted by molar-refractivity contribution is 0.0912. The summed E-state index contributed by atoms with van der Waals surface area (Å²) < 4.78 is 5.24. The van der Waals surface area contributed by atoms with E-state index in [1.807, 2.05) is 12.1 Å². The number of carbonyl (C=O) groups excluding carboxylic acids is 1. The molecule has 0 atom stereocenters. The Balaban J connectivity index is 1.87. The van der Waals surface area contributed by atoms with Crippen LogP contribution in [0.3, 0.4) is 0 Å². The van der Waals surface area contributed by atoms with Crippen molar-refractivity contribution in [3.8, 4) is 0 Å². The zero-order chi connectivity index (χ0) is 15.1. The van der Waals surface area contributed by atoms with Crippen molar-refractivity contribution >= 4 is 6.09 Å². The normalized spacial score (nSPS) is 16.0. The van der Waals surface area contributed by atoms with Gasteiger partial charge in [-0.25, -0.2) is 4.79 Å². The second-order valence-electron chi connectivity index (χ2n) is 5.44. The van der Waals surface area contributed by atoms with E-state index in [-0.39, 0.29) is 12.7 Å². The van der Waals surface area contributed by atoms with E-state index >= 15 is 0 Å². The molecule has 1 fully saturated rings. The third kappa shape index (κ3) is 4.17. The highest BCUT2D eigenvalue weighted by Crippen LogP contribution is 2.29. The van der Waals surface area contributed by atoms with Gasteiger partial charge in [-0.3, -0.25) is 4.98 Å². The molecule has 116 valence electrons. The first-order valence-electron chi connectivity index (χ1n) is 7.72. The van der Waals surface area contributed by atoms with Gasteiger partial charge in [-0.2, -0.15) is 0 Å². The van der Waals surface area contributed by atoms with E-state index in [9.17, 15) is 9.90 Å². The van der Waals surface area contributed by atoms with E-state index in [2.05, 4.69) is 11.9 Å². The van der Waals surface area contributed by atoms with E-state index < -0.39 is 0 Å². The Hall–Kier alpha value is -1.62. The summed E-state index contributed by atoms with van der Waals surface area (Å²) in [6.45, 7) is 3.98. The summed E-state index contributed by atoms with van der Waals surface area (Å²) in [5.74, 6) is 0.313. The van der Waals surface area contributed by atoms with Crippen LogP contribution in [0.1, 0.15) is 49.8 Å². The minimum Gasteiger partial charge on any atom is -0.449 e. The monoisotopic (exact) mass is 292 g/mol. The molecule has 1 aliphatic rings. The van der Waals surface area contributed by atoms with Gasteiger partial charge in [0.1, 0.15) is 0 Å². The van der Waals surface area contributed by atoms with Crippen molar-refractivity contribution < 1.29 is 14.6 Å². The molecule has 1 amide bonds. The first-order chi connectivity index (χ1) is 10.3. The van der Waals surface area contributed by atoms with E-state index in [4.69, 9.17) is 4.74 Å². The number of unbranched alkanes of at least 4 members (excludes halogenated alkanes) is 1. The number of pyridine rings is 1. The van der Waals surface area contributed by atoms with E-state index in [0.717, 1.165) is 36.9 Å². The van der Waals surface area contributed by atoms with Crippen LogP contribution in [0.15, 0.2) is 18.3 Å². The Morgan fingerprint density at radius 1 is 1.48 bits per heavy atom. The molecule has 2 rings (SSSR count). The van der Waals surface area contributed by atoms with Crippen molar-refractivity contribution in [2.45, 2.75) is 45.1 Å². The summed E-state index contributed by atoms with van der Waals surface area (Å²) >= 11 is 0. The number of hydrogen-bond donors (Lipinski definition) is 1. The van der Waals surface area contributed by atoms with Crippen LogP contribution in [0, 0.1) is 0 Å². The average molecular weight is 292 g/mol. The first kappa shape index (κ1) is 15.8. The smallest absolute Gasteiger partial charge is 0.409 e. The molecular weight excluding hydrogens is 268 g/mol. The highest BCUT2D eigenvalue weighted by atomic mass is 16.6. The molecule has 1 aromatic rings. The topological polar surface area (TPSA) is 62.7 Å². The molecule has 1 saturated heterocycles. The minimum absolute atomic E-state index is 0.0163. The number of likely N-dealkylation sites (tertiary alicyclic amines) is 1. The Bertz CT molecular complexity index is 457. The molecule has 1 N–H and O–H groups in total. The molecule has 0 unspecified atom stereocenters. The Morgan fingerprint density at radius 3 is 2.90 bits per heavy atom. The van der Waals surface area contributed by atoms with Gasteiger partial charge in [0, 0.05) is 30.9 Å². The van der Waals surface area contributed by atoms with Gasteiger partial charge in [0.05, 0.1) is 13.2 Å². The molecule has 0 saturated carbocycles. The summed E-state index contributed by atoms with van der Waals surface area (Å²) in [7, 11) is 0. The molecule has 0 radical (unpaired) electrons. The van der Waals surface area contributed by atoms with Crippen LogP contribution in [0.5, 0.6) is 0 Å².